The highest BCUT2D eigenvalue weighted by Gasteiger charge is 2.18. The fourth-order valence-corrected chi connectivity index (χ4v) is 12.4. The van der Waals surface area contributed by atoms with Crippen molar-refractivity contribution in [3.63, 3.8) is 0 Å². The largest absolute Gasteiger partial charge is 0.466 e. The second-order valence-electron chi connectivity index (χ2n) is 27.0. The van der Waals surface area contributed by atoms with E-state index in [-0.39, 0.29) is 18.5 Å². The standard InChI is InChI=1S/C80H153NO5/c1-3-5-7-9-11-13-15-17-19-21-23-33-37-40-44-48-52-56-60-64-68-72-78(83)77(76-82)81-79(84)73-69-65-61-57-53-49-45-41-38-34-31-29-27-25-24-26-28-30-32-35-39-43-47-51-55-59-63-67-71-75-86-80(85)74-70-66-62-58-54-50-46-42-36-22-20-18-16-14-12-10-8-6-4-2/h12,14,18,20,68,72,77-78,82-83H,3-11,13,15-17,19,21-67,69-71,73-76H2,1-2H3,(H,81,84)/b14-12-,20-18-,72-68+. The van der Waals surface area contributed by atoms with E-state index in [4.69, 9.17) is 4.74 Å². The Morgan fingerprint density at radius 1 is 0.326 bits per heavy atom. The molecule has 0 aromatic carbocycles. The molecule has 0 saturated carbocycles. The minimum Gasteiger partial charge on any atom is -0.466 e. The lowest BCUT2D eigenvalue weighted by atomic mass is 10.0. The first-order valence-electron chi connectivity index (χ1n) is 39.3. The van der Waals surface area contributed by atoms with Gasteiger partial charge in [0.15, 0.2) is 0 Å². The SMILES string of the molecule is CCCCC/C=C\C/C=C\CCCCCCCCCCCC(=O)OCCCCCCCCCCCCCCCCCCCCCCCCCCCCCCCC(=O)NC(CO)C(O)/C=C/CCCCCCCCCCCCCCCCCCCCC. The predicted molar refractivity (Wildman–Crippen MR) is 379 cm³/mol. The maximum atomic E-state index is 12.5. The van der Waals surface area contributed by atoms with Crippen molar-refractivity contribution in [2.75, 3.05) is 13.2 Å². The average molecular weight is 1210 g/mol. The minimum atomic E-state index is -0.843. The van der Waals surface area contributed by atoms with E-state index in [1.807, 2.05) is 6.08 Å². The third kappa shape index (κ3) is 71.2. The normalized spacial score (nSPS) is 12.7. The zero-order valence-corrected chi connectivity index (χ0v) is 58.3. The van der Waals surface area contributed by atoms with Gasteiger partial charge in [0, 0.05) is 12.8 Å². The molecule has 2 unspecified atom stereocenters. The van der Waals surface area contributed by atoms with Gasteiger partial charge in [-0.15, -0.1) is 0 Å². The number of aliphatic hydroxyl groups excluding tert-OH is 2. The molecule has 2 atom stereocenters. The Morgan fingerprint density at radius 2 is 0.581 bits per heavy atom. The fourth-order valence-electron chi connectivity index (χ4n) is 12.4. The number of carbonyl (C=O) groups is 2. The molecule has 3 N–H and O–H groups in total. The number of aliphatic hydroxyl groups is 2. The van der Waals surface area contributed by atoms with Crippen LogP contribution in [0.3, 0.4) is 0 Å². The van der Waals surface area contributed by atoms with Crippen LogP contribution in [0.15, 0.2) is 36.5 Å². The summed E-state index contributed by atoms with van der Waals surface area (Å²) >= 11 is 0. The number of hydrogen-bond acceptors (Lipinski definition) is 5. The predicted octanol–water partition coefficient (Wildman–Crippen LogP) is 25.8. The molecule has 86 heavy (non-hydrogen) atoms. The fraction of sp³-hybridized carbons (Fsp3) is 0.900. The number of ether oxygens (including phenoxy) is 1. The molecule has 0 aromatic heterocycles. The van der Waals surface area contributed by atoms with Gasteiger partial charge in [0.25, 0.3) is 0 Å². The van der Waals surface area contributed by atoms with Crippen LogP contribution in [0.2, 0.25) is 0 Å². The van der Waals surface area contributed by atoms with Crippen LogP contribution < -0.4 is 5.32 Å². The Balaban J connectivity index is 3.35. The second kappa shape index (κ2) is 75.5. The van der Waals surface area contributed by atoms with Crippen LogP contribution in [0.1, 0.15) is 438 Å². The van der Waals surface area contributed by atoms with Gasteiger partial charge in [0.2, 0.25) is 5.91 Å². The van der Waals surface area contributed by atoms with E-state index in [9.17, 15) is 19.8 Å². The summed E-state index contributed by atoms with van der Waals surface area (Å²) in [6.07, 6.45) is 98.3. The van der Waals surface area contributed by atoms with Gasteiger partial charge in [-0.3, -0.25) is 9.59 Å². The Hall–Kier alpha value is -1.92. The number of esters is 1. The molecule has 6 nitrogen and oxygen atoms in total. The van der Waals surface area contributed by atoms with E-state index in [1.54, 1.807) is 6.08 Å². The van der Waals surface area contributed by atoms with Crippen molar-refractivity contribution in [1.29, 1.82) is 0 Å². The van der Waals surface area contributed by atoms with Gasteiger partial charge < -0.3 is 20.3 Å². The summed E-state index contributed by atoms with van der Waals surface area (Å²) in [5.74, 6) is -0.0438. The van der Waals surface area contributed by atoms with Crippen LogP contribution >= 0.6 is 0 Å². The van der Waals surface area contributed by atoms with E-state index in [0.29, 0.717) is 19.4 Å². The van der Waals surface area contributed by atoms with Crippen molar-refractivity contribution in [3.8, 4) is 0 Å². The van der Waals surface area contributed by atoms with Crippen LogP contribution in [0, 0.1) is 0 Å². The molecule has 0 fully saturated rings. The van der Waals surface area contributed by atoms with Crippen molar-refractivity contribution in [2.24, 2.45) is 0 Å². The highest BCUT2D eigenvalue weighted by molar-refractivity contribution is 5.76. The van der Waals surface area contributed by atoms with E-state index in [2.05, 4.69) is 43.5 Å². The van der Waals surface area contributed by atoms with Crippen molar-refractivity contribution in [2.45, 2.75) is 450 Å². The first-order chi connectivity index (χ1) is 42.5. The molecule has 6 heteroatoms. The van der Waals surface area contributed by atoms with Crippen molar-refractivity contribution in [3.05, 3.63) is 36.5 Å². The quantitative estimate of drug-likeness (QED) is 0.0320. The van der Waals surface area contributed by atoms with Crippen LogP contribution in [0.4, 0.5) is 0 Å². The molecule has 0 aliphatic rings. The summed E-state index contributed by atoms with van der Waals surface area (Å²) in [7, 11) is 0. The smallest absolute Gasteiger partial charge is 0.305 e. The van der Waals surface area contributed by atoms with Crippen molar-refractivity contribution in [1.82, 2.24) is 5.32 Å². The Kier molecular flexibility index (Phi) is 73.9. The monoisotopic (exact) mass is 1210 g/mol. The minimum absolute atomic E-state index is 0.0162. The Morgan fingerprint density at radius 3 is 0.907 bits per heavy atom. The van der Waals surface area contributed by atoms with E-state index in [0.717, 1.165) is 51.4 Å². The molecule has 0 aliphatic carbocycles. The number of allylic oxidation sites excluding steroid dienone is 5. The van der Waals surface area contributed by atoms with E-state index >= 15 is 0 Å². The summed E-state index contributed by atoms with van der Waals surface area (Å²) in [5, 5.41) is 23.3. The van der Waals surface area contributed by atoms with E-state index in [1.165, 1.54) is 360 Å². The average Bonchev–Trinajstić information content (AvgIpc) is 3.54. The lowest BCUT2D eigenvalue weighted by molar-refractivity contribution is -0.143. The molecule has 0 heterocycles. The third-order valence-corrected chi connectivity index (χ3v) is 18.4. The van der Waals surface area contributed by atoms with Crippen LogP contribution in [-0.4, -0.2) is 47.4 Å². The number of nitrogens with one attached hydrogen (secondary N) is 1. The lowest BCUT2D eigenvalue weighted by Gasteiger charge is -2.20. The Labute approximate surface area is 538 Å². The number of amides is 1. The van der Waals surface area contributed by atoms with Crippen LogP contribution in [-0.2, 0) is 14.3 Å². The molecule has 0 radical (unpaired) electrons. The summed E-state index contributed by atoms with van der Waals surface area (Å²) in [6.45, 7) is 4.93. The summed E-state index contributed by atoms with van der Waals surface area (Å²) in [5.41, 5.74) is 0. The van der Waals surface area contributed by atoms with Gasteiger partial charge in [-0.2, -0.15) is 0 Å². The number of unbranched alkanes of at least 4 members (excludes halogenated alkanes) is 59. The first-order valence-corrected chi connectivity index (χ1v) is 39.3. The van der Waals surface area contributed by atoms with Crippen LogP contribution in [0.25, 0.3) is 0 Å². The summed E-state index contributed by atoms with van der Waals surface area (Å²) in [6, 6.07) is -0.626. The molecule has 508 valence electrons. The van der Waals surface area contributed by atoms with Gasteiger partial charge in [-0.25, -0.2) is 0 Å². The zero-order valence-electron chi connectivity index (χ0n) is 58.3. The molecule has 0 aromatic rings. The maximum absolute atomic E-state index is 12.5. The maximum Gasteiger partial charge on any atom is 0.305 e. The van der Waals surface area contributed by atoms with Gasteiger partial charge >= 0.3 is 5.97 Å². The zero-order chi connectivity index (χ0) is 62.0. The van der Waals surface area contributed by atoms with Crippen LogP contribution in [0.5, 0.6) is 0 Å². The molecule has 0 spiro atoms. The van der Waals surface area contributed by atoms with E-state index < -0.39 is 12.1 Å². The number of hydrogen-bond donors (Lipinski definition) is 3. The topological polar surface area (TPSA) is 95.9 Å². The number of carbonyl (C=O) groups excluding carboxylic acids is 2. The van der Waals surface area contributed by atoms with Crippen molar-refractivity contribution < 1.29 is 24.5 Å². The molecule has 0 bridgehead atoms. The Bertz CT molecular complexity index is 1390. The molecule has 0 rings (SSSR count). The van der Waals surface area contributed by atoms with Gasteiger partial charge in [-0.05, 0) is 64.2 Å². The third-order valence-electron chi connectivity index (χ3n) is 18.4. The second-order valence-corrected chi connectivity index (χ2v) is 27.0. The highest BCUT2D eigenvalue weighted by atomic mass is 16.5. The highest BCUT2D eigenvalue weighted by Crippen LogP contribution is 2.20. The van der Waals surface area contributed by atoms with Crippen molar-refractivity contribution >= 4 is 11.9 Å². The van der Waals surface area contributed by atoms with Gasteiger partial charge in [-0.1, -0.05) is 397 Å². The molecule has 1 amide bonds. The first kappa shape index (κ1) is 84.1. The summed E-state index contributed by atoms with van der Waals surface area (Å²) in [4.78, 5) is 24.7. The van der Waals surface area contributed by atoms with Gasteiger partial charge in [0.1, 0.15) is 0 Å². The lowest BCUT2D eigenvalue weighted by Crippen LogP contribution is -2.45. The van der Waals surface area contributed by atoms with Gasteiger partial charge in [0.05, 0.1) is 25.4 Å². The number of rotatable bonds is 74. The molecular formula is C80H153NO5. The molecule has 0 saturated heterocycles. The molecular weight excluding hydrogens is 1050 g/mol. The summed E-state index contributed by atoms with van der Waals surface area (Å²) < 4.78 is 5.51. The molecule has 0 aliphatic heterocycles.